The van der Waals surface area contributed by atoms with E-state index >= 15 is 0 Å². The summed E-state index contributed by atoms with van der Waals surface area (Å²) in [6, 6.07) is 11.1. The second-order valence-corrected chi connectivity index (χ2v) is 7.71. The van der Waals surface area contributed by atoms with Crippen molar-refractivity contribution >= 4 is 23.5 Å². The molecule has 3 aromatic rings. The first-order valence-corrected chi connectivity index (χ1v) is 10.1. The van der Waals surface area contributed by atoms with Crippen molar-refractivity contribution in [3.63, 3.8) is 0 Å². The van der Waals surface area contributed by atoms with E-state index in [0.717, 1.165) is 0 Å². The van der Waals surface area contributed by atoms with Gasteiger partial charge in [0.2, 0.25) is 5.91 Å². The van der Waals surface area contributed by atoms with Crippen LogP contribution in [0.25, 0.3) is 0 Å². The van der Waals surface area contributed by atoms with Crippen molar-refractivity contribution < 1.29 is 19.0 Å². The van der Waals surface area contributed by atoms with Crippen LogP contribution in [-0.4, -0.2) is 28.1 Å². The lowest BCUT2D eigenvalue weighted by Crippen LogP contribution is -2.31. The number of phenolic OH excluding ortho intramolecular Hbond substituents is 1. The van der Waals surface area contributed by atoms with Crippen molar-refractivity contribution in [1.29, 1.82) is 0 Å². The number of hydrogen-bond donors (Lipinski definition) is 3. The molecule has 4 rings (SSSR count). The number of thioether (sulfide) groups is 1. The average molecular weight is 427 g/mol. The lowest BCUT2D eigenvalue weighted by molar-refractivity contribution is -0.116. The number of amides is 1. The first-order chi connectivity index (χ1) is 14.5. The minimum atomic E-state index is -0.537. The van der Waals surface area contributed by atoms with Crippen LogP contribution in [0, 0.1) is 5.82 Å². The normalized spacial score (nSPS) is 15.4. The Morgan fingerprint density at radius 1 is 1.27 bits per heavy atom. The monoisotopic (exact) mass is 427 g/mol. The molecule has 9 heteroatoms. The number of ether oxygens (including phenoxy) is 1. The molecule has 30 heavy (non-hydrogen) atoms. The van der Waals surface area contributed by atoms with E-state index in [4.69, 9.17) is 4.74 Å². The smallest absolute Gasteiger partial charge is 0.257 e. The van der Waals surface area contributed by atoms with Crippen LogP contribution in [0.4, 0.5) is 10.2 Å². The molecule has 0 bridgehead atoms. The molecule has 0 saturated heterocycles. The van der Waals surface area contributed by atoms with Gasteiger partial charge >= 0.3 is 0 Å². The van der Waals surface area contributed by atoms with Crippen molar-refractivity contribution in [2.45, 2.75) is 23.2 Å². The number of methoxy groups -OCH3 is 1. The van der Waals surface area contributed by atoms with Gasteiger partial charge in [0.1, 0.15) is 11.6 Å². The summed E-state index contributed by atoms with van der Waals surface area (Å²) >= 11 is 1.17. The minimum Gasteiger partial charge on any atom is -0.504 e. The summed E-state index contributed by atoms with van der Waals surface area (Å²) in [7, 11) is 1.42. The molecule has 2 aromatic carbocycles. The summed E-state index contributed by atoms with van der Waals surface area (Å²) in [5.74, 6) is -0.466. The van der Waals surface area contributed by atoms with Crippen LogP contribution in [0.3, 0.4) is 0 Å². The Morgan fingerprint density at radius 2 is 2.07 bits per heavy atom. The number of aromatic nitrogens is 2. The number of H-pyrrole nitrogens is 1. The summed E-state index contributed by atoms with van der Waals surface area (Å²) < 4.78 is 19.0. The number of carbonyl (C=O) groups excluding carboxylic acids is 1. The van der Waals surface area contributed by atoms with Gasteiger partial charge in [-0.3, -0.25) is 9.59 Å². The molecule has 1 aliphatic heterocycles. The van der Waals surface area contributed by atoms with Gasteiger partial charge in [-0.05, 0) is 29.3 Å². The number of benzene rings is 2. The number of anilines is 1. The van der Waals surface area contributed by atoms with E-state index in [1.54, 1.807) is 30.3 Å². The molecule has 0 spiro atoms. The molecule has 0 radical (unpaired) electrons. The highest BCUT2D eigenvalue weighted by Crippen LogP contribution is 2.38. The molecule has 0 unspecified atom stereocenters. The van der Waals surface area contributed by atoms with Gasteiger partial charge in [-0.2, -0.15) is 0 Å². The molecule has 1 aromatic heterocycles. The molecule has 1 aliphatic rings. The van der Waals surface area contributed by atoms with Crippen LogP contribution in [-0.2, 0) is 10.5 Å². The van der Waals surface area contributed by atoms with Crippen LogP contribution in [0.2, 0.25) is 0 Å². The van der Waals surface area contributed by atoms with E-state index in [9.17, 15) is 19.1 Å². The lowest BCUT2D eigenvalue weighted by Gasteiger charge is -2.25. The molecule has 0 fully saturated rings. The van der Waals surface area contributed by atoms with Crippen molar-refractivity contribution in [1.82, 2.24) is 9.97 Å². The molecule has 1 atom stereocenters. The van der Waals surface area contributed by atoms with Gasteiger partial charge in [0.25, 0.3) is 5.56 Å². The Hall–Kier alpha value is -3.33. The van der Waals surface area contributed by atoms with Crippen molar-refractivity contribution in [3.05, 3.63) is 75.3 Å². The van der Waals surface area contributed by atoms with E-state index in [0.29, 0.717) is 16.7 Å². The summed E-state index contributed by atoms with van der Waals surface area (Å²) in [4.78, 5) is 32.2. The first-order valence-electron chi connectivity index (χ1n) is 9.13. The molecule has 154 valence electrons. The number of fused-ring (bicyclic) bond motifs is 1. The zero-order chi connectivity index (χ0) is 21.3. The fourth-order valence-electron chi connectivity index (χ4n) is 3.38. The van der Waals surface area contributed by atoms with Crippen LogP contribution >= 0.6 is 11.8 Å². The predicted molar refractivity (Wildman–Crippen MR) is 111 cm³/mol. The third-order valence-corrected chi connectivity index (χ3v) is 5.78. The molecule has 0 saturated carbocycles. The maximum Gasteiger partial charge on any atom is 0.257 e. The number of halogens is 1. The quantitative estimate of drug-likeness (QED) is 0.426. The molecular weight excluding hydrogens is 409 g/mol. The van der Waals surface area contributed by atoms with Gasteiger partial charge in [-0.1, -0.05) is 36.0 Å². The number of aromatic hydroxyl groups is 1. The summed E-state index contributed by atoms with van der Waals surface area (Å²) in [6.45, 7) is 0. The van der Waals surface area contributed by atoms with E-state index in [1.807, 2.05) is 0 Å². The number of nitrogens with zero attached hydrogens (tertiary/aromatic N) is 1. The maximum atomic E-state index is 13.8. The number of hydrogen-bond acceptors (Lipinski definition) is 6. The SMILES string of the molecule is COc1cc([C@@H]2CC(=O)Nc3nc(SCc4ccccc4F)[nH]c(=O)c32)ccc1O. The van der Waals surface area contributed by atoms with Gasteiger partial charge in [0, 0.05) is 18.1 Å². The Labute approximate surface area is 175 Å². The largest absolute Gasteiger partial charge is 0.504 e. The van der Waals surface area contributed by atoms with Crippen LogP contribution < -0.4 is 15.6 Å². The predicted octanol–water partition coefficient (Wildman–Crippen LogP) is 3.39. The fourth-order valence-corrected chi connectivity index (χ4v) is 4.22. The molecular formula is C21H18FN3O4S. The standard InChI is InChI=1S/C21H18FN3O4S/c1-29-16-8-11(6-7-15(16)26)13-9-17(27)23-19-18(13)20(28)25-21(24-19)30-10-12-4-2-3-5-14(12)22/h2-8,13,26H,9-10H2,1H3,(H2,23,24,25,27,28)/t13-/m0/s1. The van der Waals surface area contributed by atoms with E-state index in [-0.39, 0.29) is 51.9 Å². The van der Waals surface area contributed by atoms with Crippen LogP contribution in [0.5, 0.6) is 11.5 Å². The highest BCUT2D eigenvalue weighted by molar-refractivity contribution is 7.98. The number of carbonyl (C=O) groups is 1. The lowest BCUT2D eigenvalue weighted by atomic mass is 9.86. The zero-order valence-corrected chi connectivity index (χ0v) is 16.8. The Kier molecular flexibility index (Phi) is 5.45. The first kappa shape index (κ1) is 20.0. The fraction of sp³-hybridized carbons (Fsp3) is 0.190. The zero-order valence-electron chi connectivity index (χ0n) is 15.9. The second-order valence-electron chi connectivity index (χ2n) is 6.75. The highest BCUT2D eigenvalue weighted by Gasteiger charge is 2.31. The molecule has 3 N–H and O–H groups in total. The Balaban J connectivity index is 1.68. The van der Waals surface area contributed by atoms with Crippen molar-refractivity contribution in [2.75, 3.05) is 12.4 Å². The number of rotatable bonds is 5. The van der Waals surface area contributed by atoms with Crippen LogP contribution in [0.1, 0.15) is 29.0 Å². The molecule has 0 aliphatic carbocycles. The Bertz CT molecular complexity index is 1180. The summed E-state index contributed by atoms with van der Waals surface area (Å²) in [5.41, 5.74) is 1.09. The van der Waals surface area contributed by atoms with E-state index < -0.39 is 5.92 Å². The third kappa shape index (κ3) is 3.88. The van der Waals surface area contributed by atoms with Crippen LogP contribution in [0.15, 0.2) is 52.4 Å². The second kappa shape index (κ2) is 8.19. The highest BCUT2D eigenvalue weighted by atomic mass is 32.2. The number of aromatic amines is 1. The topological polar surface area (TPSA) is 104 Å². The van der Waals surface area contributed by atoms with Gasteiger partial charge in [-0.15, -0.1) is 0 Å². The number of phenols is 1. The average Bonchev–Trinajstić information content (AvgIpc) is 2.72. The van der Waals surface area contributed by atoms with Crippen molar-refractivity contribution in [2.24, 2.45) is 0 Å². The van der Waals surface area contributed by atoms with Crippen molar-refractivity contribution in [3.8, 4) is 11.5 Å². The molecule has 2 heterocycles. The van der Waals surface area contributed by atoms with Gasteiger partial charge in [0.15, 0.2) is 16.7 Å². The summed E-state index contributed by atoms with van der Waals surface area (Å²) in [5, 5.41) is 12.8. The summed E-state index contributed by atoms with van der Waals surface area (Å²) in [6.07, 6.45) is 0.0629. The third-order valence-electron chi connectivity index (χ3n) is 4.86. The Morgan fingerprint density at radius 3 is 2.83 bits per heavy atom. The van der Waals surface area contributed by atoms with E-state index in [2.05, 4.69) is 15.3 Å². The molecule has 1 amide bonds. The molecule has 7 nitrogen and oxygen atoms in total. The van der Waals surface area contributed by atoms with Gasteiger partial charge in [-0.25, -0.2) is 9.37 Å². The number of nitrogens with one attached hydrogen (secondary N) is 2. The maximum absolute atomic E-state index is 13.8. The minimum absolute atomic E-state index is 0.0336. The van der Waals surface area contributed by atoms with Gasteiger partial charge in [0.05, 0.1) is 12.7 Å². The van der Waals surface area contributed by atoms with Gasteiger partial charge < -0.3 is 20.1 Å². The van der Waals surface area contributed by atoms with E-state index in [1.165, 1.54) is 31.0 Å².